The number of fused-ring (bicyclic) bond motifs is 1. The average molecular weight is 283 g/mol. The van der Waals surface area contributed by atoms with Crippen LogP contribution < -0.4 is 0 Å². The van der Waals surface area contributed by atoms with Crippen LogP contribution in [0, 0.1) is 6.92 Å². The largest absolute Gasteiger partial charge is 0.460 e. The van der Waals surface area contributed by atoms with Gasteiger partial charge in [-0.3, -0.25) is 15.1 Å². The van der Waals surface area contributed by atoms with Crippen LogP contribution >= 0.6 is 0 Å². The van der Waals surface area contributed by atoms with Crippen molar-refractivity contribution in [2.75, 3.05) is 6.54 Å². The Balaban J connectivity index is 1.47. The Hall–Kier alpha value is -2.34. The van der Waals surface area contributed by atoms with Crippen LogP contribution in [0.5, 0.6) is 0 Å². The van der Waals surface area contributed by atoms with Crippen LogP contribution in [-0.2, 0) is 19.5 Å². The summed E-state index contributed by atoms with van der Waals surface area (Å²) in [5.74, 6) is 1.71. The van der Waals surface area contributed by atoms with Gasteiger partial charge in [-0.15, -0.1) is 0 Å². The summed E-state index contributed by atoms with van der Waals surface area (Å²) in [5, 5.41) is 14.6. The summed E-state index contributed by atoms with van der Waals surface area (Å²) in [4.78, 5) is 2.39. The standard InChI is InChI=1S/C15H17N5O/c1-10-2-3-15(21-10)14-6-12(17-19-14)9-20-5-4-13-11(8-20)7-16-18-13/h2-3,6-7H,4-5,8-9H2,1H3,(H,16,18)(H,17,19). The van der Waals surface area contributed by atoms with Crippen molar-refractivity contribution in [1.29, 1.82) is 0 Å². The van der Waals surface area contributed by atoms with Crippen LogP contribution in [-0.4, -0.2) is 31.8 Å². The van der Waals surface area contributed by atoms with Crippen molar-refractivity contribution in [3.8, 4) is 11.5 Å². The van der Waals surface area contributed by atoms with Crippen molar-refractivity contribution in [3.05, 3.63) is 47.1 Å². The van der Waals surface area contributed by atoms with Gasteiger partial charge in [0.2, 0.25) is 0 Å². The van der Waals surface area contributed by atoms with E-state index in [9.17, 15) is 0 Å². The lowest BCUT2D eigenvalue weighted by atomic mass is 10.1. The maximum atomic E-state index is 5.60. The molecule has 6 heteroatoms. The van der Waals surface area contributed by atoms with Crippen LogP contribution in [0.2, 0.25) is 0 Å². The Morgan fingerprint density at radius 1 is 1.33 bits per heavy atom. The number of rotatable bonds is 3. The summed E-state index contributed by atoms with van der Waals surface area (Å²) in [6.45, 7) is 4.76. The highest BCUT2D eigenvalue weighted by atomic mass is 16.3. The average Bonchev–Trinajstić information content (AvgIpc) is 3.18. The first kappa shape index (κ1) is 12.4. The van der Waals surface area contributed by atoms with E-state index < -0.39 is 0 Å². The van der Waals surface area contributed by atoms with Crippen LogP contribution in [0.1, 0.15) is 22.7 Å². The first-order chi connectivity index (χ1) is 10.3. The molecule has 6 nitrogen and oxygen atoms in total. The Morgan fingerprint density at radius 2 is 2.29 bits per heavy atom. The molecule has 108 valence electrons. The Kier molecular flexibility index (Phi) is 2.89. The number of aromatic amines is 2. The summed E-state index contributed by atoms with van der Waals surface area (Å²) in [5.41, 5.74) is 4.52. The third-order valence-corrected chi connectivity index (χ3v) is 3.90. The van der Waals surface area contributed by atoms with E-state index in [0.717, 1.165) is 49.0 Å². The minimum atomic E-state index is 0.811. The molecule has 0 fully saturated rings. The minimum Gasteiger partial charge on any atom is -0.460 e. The number of H-pyrrole nitrogens is 2. The van der Waals surface area contributed by atoms with Crippen LogP contribution in [0.15, 0.2) is 28.8 Å². The van der Waals surface area contributed by atoms with E-state index in [1.165, 1.54) is 11.3 Å². The summed E-state index contributed by atoms with van der Waals surface area (Å²) in [6.07, 6.45) is 2.94. The Morgan fingerprint density at radius 3 is 3.14 bits per heavy atom. The third kappa shape index (κ3) is 2.38. The van der Waals surface area contributed by atoms with Gasteiger partial charge in [0.25, 0.3) is 0 Å². The molecular weight excluding hydrogens is 266 g/mol. The summed E-state index contributed by atoms with van der Waals surface area (Å²) >= 11 is 0. The number of hydrogen-bond acceptors (Lipinski definition) is 4. The minimum absolute atomic E-state index is 0.811. The van der Waals surface area contributed by atoms with Gasteiger partial charge in [-0.1, -0.05) is 0 Å². The lowest BCUT2D eigenvalue weighted by Gasteiger charge is -2.25. The fraction of sp³-hybridized carbons (Fsp3) is 0.333. The summed E-state index contributed by atoms with van der Waals surface area (Å²) in [7, 11) is 0. The molecule has 4 heterocycles. The molecule has 2 N–H and O–H groups in total. The Bertz CT molecular complexity index is 754. The molecule has 0 bridgehead atoms. The van der Waals surface area contributed by atoms with Gasteiger partial charge in [-0.25, -0.2) is 0 Å². The molecule has 1 aliphatic rings. The summed E-state index contributed by atoms with van der Waals surface area (Å²) in [6, 6.07) is 5.96. The third-order valence-electron chi connectivity index (χ3n) is 3.90. The molecule has 3 aromatic rings. The van der Waals surface area contributed by atoms with Crippen molar-refractivity contribution in [2.24, 2.45) is 0 Å². The number of furan rings is 1. The van der Waals surface area contributed by atoms with Crippen molar-refractivity contribution in [2.45, 2.75) is 26.4 Å². The molecule has 0 unspecified atom stereocenters. The van der Waals surface area contributed by atoms with E-state index in [1.807, 2.05) is 25.3 Å². The highest BCUT2D eigenvalue weighted by Gasteiger charge is 2.18. The predicted molar refractivity (Wildman–Crippen MR) is 77.4 cm³/mol. The fourth-order valence-corrected chi connectivity index (χ4v) is 2.80. The van der Waals surface area contributed by atoms with E-state index in [0.29, 0.717) is 0 Å². The second kappa shape index (κ2) is 4.89. The van der Waals surface area contributed by atoms with E-state index in [1.54, 1.807) is 0 Å². The second-order valence-corrected chi connectivity index (χ2v) is 5.52. The second-order valence-electron chi connectivity index (χ2n) is 5.52. The number of aromatic nitrogens is 4. The van der Waals surface area contributed by atoms with Gasteiger partial charge >= 0.3 is 0 Å². The monoisotopic (exact) mass is 283 g/mol. The van der Waals surface area contributed by atoms with Gasteiger partial charge in [0.1, 0.15) is 11.5 Å². The molecule has 0 atom stereocenters. The van der Waals surface area contributed by atoms with Gasteiger partial charge < -0.3 is 4.42 Å². The van der Waals surface area contributed by atoms with E-state index in [4.69, 9.17) is 4.42 Å². The maximum absolute atomic E-state index is 5.60. The van der Waals surface area contributed by atoms with Gasteiger partial charge in [-0.05, 0) is 25.1 Å². The molecule has 0 amide bonds. The zero-order valence-electron chi connectivity index (χ0n) is 11.9. The number of hydrogen-bond donors (Lipinski definition) is 2. The molecular formula is C15H17N5O. The molecule has 0 aliphatic carbocycles. The molecule has 0 spiro atoms. The zero-order chi connectivity index (χ0) is 14.2. The lowest BCUT2D eigenvalue weighted by molar-refractivity contribution is 0.242. The smallest absolute Gasteiger partial charge is 0.154 e. The maximum Gasteiger partial charge on any atom is 0.154 e. The predicted octanol–water partition coefficient (Wildman–Crippen LogP) is 2.26. The van der Waals surface area contributed by atoms with Crippen LogP contribution in [0.3, 0.4) is 0 Å². The lowest BCUT2D eigenvalue weighted by Crippen LogP contribution is -2.29. The zero-order valence-corrected chi connectivity index (χ0v) is 11.9. The Labute approximate surface area is 122 Å². The number of nitrogens with zero attached hydrogens (tertiary/aromatic N) is 3. The van der Waals surface area contributed by atoms with Gasteiger partial charge in [0.05, 0.1) is 6.20 Å². The van der Waals surface area contributed by atoms with Crippen LogP contribution in [0.25, 0.3) is 11.5 Å². The SMILES string of the molecule is Cc1ccc(-c2cc(CN3CCc4[nH]ncc4C3)[nH]n2)o1. The fourth-order valence-electron chi connectivity index (χ4n) is 2.80. The highest BCUT2D eigenvalue weighted by Crippen LogP contribution is 2.22. The molecule has 0 saturated heterocycles. The van der Waals surface area contributed by atoms with Crippen molar-refractivity contribution in [1.82, 2.24) is 25.3 Å². The quantitative estimate of drug-likeness (QED) is 0.773. The van der Waals surface area contributed by atoms with E-state index in [-0.39, 0.29) is 0 Å². The topological polar surface area (TPSA) is 73.7 Å². The molecule has 0 saturated carbocycles. The first-order valence-corrected chi connectivity index (χ1v) is 7.12. The van der Waals surface area contributed by atoms with Crippen LogP contribution in [0.4, 0.5) is 0 Å². The van der Waals surface area contributed by atoms with Crippen molar-refractivity contribution in [3.63, 3.8) is 0 Å². The molecule has 3 aromatic heterocycles. The number of aryl methyl sites for hydroxylation is 1. The van der Waals surface area contributed by atoms with Gasteiger partial charge in [0.15, 0.2) is 5.76 Å². The molecule has 21 heavy (non-hydrogen) atoms. The number of nitrogens with one attached hydrogen (secondary N) is 2. The summed E-state index contributed by atoms with van der Waals surface area (Å²) < 4.78 is 5.60. The molecule has 0 aromatic carbocycles. The molecule has 4 rings (SSSR count). The molecule has 0 radical (unpaired) electrons. The van der Waals surface area contributed by atoms with Crippen molar-refractivity contribution >= 4 is 0 Å². The van der Waals surface area contributed by atoms with E-state index in [2.05, 4.69) is 31.4 Å². The normalized spacial score (nSPS) is 15.3. The highest BCUT2D eigenvalue weighted by molar-refractivity contribution is 5.52. The van der Waals surface area contributed by atoms with Gasteiger partial charge in [0, 0.05) is 43.0 Å². The first-order valence-electron chi connectivity index (χ1n) is 7.12. The van der Waals surface area contributed by atoms with Gasteiger partial charge in [-0.2, -0.15) is 10.2 Å². The van der Waals surface area contributed by atoms with E-state index >= 15 is 0 Å². The van der Waals surface area contributed by atoms with Crippen molar-refractivity contribution < 1.29 is 4.42 Å². The molecule has 1 aliphatic heterocycles.